The molecule has 0 unspecified atom stereocenters. The Morgan fingerprint density at radius 3 is 2.64 bits per heavy atom. The lowest BCUT2D eigenvalue weighted by atomic mass is 10.2. The summed E-state index contributed by atoms with van der Waals surface area (Å²) in [5, 5.41) is 1.33. The first kappa shape index (κ1) is 10.7. The van der Waals surface area contributed by atoms with Gasteiger partial charge < -0.3 is 4.84 Å². The third kappa shape index (κ3) is 3.53. The van der Waals surface area contributed by atoms with Gasteiger partial charge in [-0.1, -0.05) is 42.5 Å². The number of carbonyl (C=O) groups is 1. The van der Waals surface area contributed by atoms with E-state index in [1.165, 1.54) is 17.5 Å². The van der Waals surface area contributed by atoms with Gasteiger partial charge in [0.2, 0.25) is 0 Å². The normalized spacial score (nSPS) is 9.21. The highest BCUT2D eigenvalue weighted by atomic mass is 32.1. The average molecular weight is 209 g/mol. The number of thiocarbonyl (C=S) groups is 1. The summed E-state index contributed by atoms with van der Waals surface area (Å²) < 4.78 is 0. The highest BCUT2D eigenvalue weighted by molar-refractivity contribution is 7.78. The van der Waals surface area contributed by atoms with Crippen LogP contribution in [0.1, 0.15) is 12.5 Å². The summed E-state index contributed by atoms with van der Waals surface area (Å²) in [6.07, 6.45) is 0. The molecule has 0 spiro atoms. The van der Waals surface area contributed by atoms with Crippen LogP contribution < -0.4 is 0 Å². The second-order valence-corrected chi connectivity index (χ2v) is 2.96. The van der Waals surface area contributed by atoms with Crippen LogP contribution in [0.5, 0.6) is 0 Å². The molecule has 1 aromatic rings. The predicted octanol–water partition coefficient (Wildman–Crippen LogP) is 1.92. The number of rotatable bonds is 4. The van der Waals surface area contributed by atoms with E-state index in [1.807, 2.05) is 30.3 Å². The number of hydrogen-bond donors (Lipinski definition) is 0. The van der Waals surface area contributed by atoms with Gasteiger partial charge >= 0.3 is 5.97 Å². The number of nitrogens with zero attached hydrogens (tertiary/aromatic N) is 1. The van der Waals surface area contributed by atoms with Gasteiger partial charge in [0.15, 0.2) is 0 Å². The zero-order valence-electron chi connectivity index (χ0n) is 7.84. The van der Waals surface area contributed by atoms with Crippen molar-refractivity contribution in [1.82, 2.24) is 5.06 Å². The second kappa shape index (κ2) is 5.34. The van der Waals surface area contributed by atoms with Gasteiger partial charge in [-0.3, -0.25) is 4.79 Å². The van der Waals surface area contributed by atoms with Crippen LogP contribution in [0.4, 0.5) is 0 Å². The van der Waals surface area contributed by atoms with Gasteiger partial charge in [0, 0.05) is 6.92 Å². The Bertz CT molecular complexity index is 313. The second-order valence-electron chi connectivity index (χ2n) is 2.75. The van der Waals surface area contributed by atoms with Crippen molar-refractivity contribution >= 4 is 23.7 Å². The van der Waals surface area contributed by atoms with E-state index >= 15 is 0 Å². The SMILES string of the molecule is CC(=O)ON(C=S)Cc1ccccc1. The van der Waals surface area contributed by atoms with Crippen LogP contribution >= 0.6 is 12.2 Å². The van der Waals surface area contributed by atoms with Crippen LogP contribution in [0.3, 0.4) is 0 Å². The van der Waals surface area contributed by atoms with Gasteiger partial charge in [-0.25, -0.2) is 0 Å². The highest BCUT2D eigenvalue weighted by Crippen LogP contribution is 2.03. The van der Waals surface area contributed by atoms with E-state index < -0.39 is 0 Å². The fourth-order valence-corrected chi connectivity index (χ4v) is 1.14. The standard InChI is InChI=1S/C10H11NO2S/c1-9(12)13-11(8-14)7-10-5-3-2-4-6-10/h2-6,8H,7H2,1H3. The van der Waals surface area contributed by atoms with Crippen LogP contribution in [0.25, 0.3) is 0 Å². The molecule has 0 aliphatic rings. The molecule has 0 aliphatic carbocycles. The Balaban J connectivity index is 2.57. The monoisotopic (exact) mass is 209 g/mol. The lowest BCUT2D eigenvalue weighted by molar-refractivity contribution is -0.170. The Labute approximate surface area is 88.2 Å². The largest absolute Gasteiger partial charge is 0.341 e. The first-order chi connectivity index (χ1) is 6.72. The minimum Gasteiger partial charge on any atom is -0.341 e. The summed E-state index contributed by atoms with van der Waals surface area (Å²) in [6, 6.07) is 9.65. The zero-order chi connectivity index (χ0) is 10.4. The first-order valence-corrected chi connectivity index (χ1v) is 4.64. The maximum atomic E-state index is 10.7. The molecule has 74 valence electrons. The molecular weight excluding hydrogens is 198 g/mol. The van der Waals surface area contributed by atoms with E-state index in [4.69, 9.17) is 17.1 Å². The van der Waals surface area contributed by atoms with Crippen molar-refractivity contribution in [2.75, 3.05) is 0 Å². The van der Waals surface area contributed by atoms with Crippen molar-refractivity contribution in [2.45, 2.75) is 13.5 Å². The molecule has 0 radical (unpaired) electrons. The number of benzene rings is 1. The number of hydroxylamine groups is 2. The fraction of sp³-hybridized carbons (Fsp3) is 0.200. The maximum Gasteiger partial charge on any atom is 0.329 e. The van der Waals surface area contributed by atoms with Crippen molar-refractivity contribution in [3.8, 4) is 0 Å². The number of carbonyl (C=O) groups excluding carboxylic acids is 1. The van der Waals surface area contributed by atoms with Crippen LogP contribution in [-0.2, 0) is 16.2 Å². The van der Waals surface area contributed by atoms with E-state index in [-0.39, 0.29) is 5.97 Å². The molecule has 0 N–H and O–H groups in total. The van der Waals surface area contributed by atoms with Gasteiger partial charge in [0.25, 0.3) is 0 Å². The summed E-state index contributed by atoms with van der Waals surface area (Å²) in [5.41, 5.74) is 2.35. The predicted molar refractivity (Wildman–Crippen MR) is 57.4 cm³/mol. The Hall–Kier alpha value is -1.42. The Morgan fingerprint density at radius 1 is 1.50 bits per heavy atom. The molecule has 0 atom stereocenters. The van der Waals surface area contributed by atoms with Crippen LogP contribution in [0.15, 0.2) is 30.3 Å². The van der Waals surface area contributed by atoms with E-state index in [2.05, 4.69) is 0 Å². The molecule has 0 saturated heterocycles. The highest BCUT2D eigenvalue weighted by Gasteiger charge is 2.03. The molecule has 14 heavy (non-hydrogen) atoms. The molecular formula is C10H11NO2S. The molecule has 1 aromatic carbocycles. The van der Waals surface area contributed by atoms with Crippen molar-refractivity contribution in [1.29, 1.82) is 0 Å². The van der Waals surface area contributed by atoms with Gasteiger partial charge in [-0.05, 0) is 5.56 Å². The average Bonchev–Trinajstić information content (AvgIpc) is 2.17. The summed E-state index contributed by atoms with van der Waals surface area (Å²) in [7, 11) is 0. The van der Waals surface area contributed by atoms with Crippen LogP contribution in [0.2, 0.25) is 0 Å². The van der Waals surface area contributed by atoms with Crippen molar-refractivity contribution in [3.63, 3.8) is 0 Å². The molecule has 0 fully saturated rings. The summed E-state index contributed by atoms with van der Waals surface area (Å²) in [5.74, 6) is -0.373. The molecule has 1 rings (SSSR count). The molecule has 4 heteroatoms. The van der Waals surface area contributed by atoms with Crippen LogP contribution in [-0.4, -0.2) is 16.5 Å². The van der Waals surface area contributed by atoms with Gasteiger partial charge in [-0.2, -0.15) is 5.06 Å². The minimum atomic E-state index is -0.373. The molecule has 0 saturated carbocycles. The fourth-order valence-electron chi connectivity index (χ4n) is 1.02. The quantitative estimate of drug-likeness (QED) is 0.559. The summed E-state index contributed by atoms with van der Waals surface area (Å²) >= 11 is 4.71. The first-order valence-electron chi connectivity index (χ1n) is 4.17. The van der Waals surface area contributed by atoms with Gasteiger partial charge in [0.1, 0.15) is 5.49 Å². The van der Waals surface area contributed by atoms with E-state index in [9.17, 15) is 4.79 Å². The Morgan fingerprint density at radius 2 is 2.14 bits per heavy atom. The molecule has 3 nitrogen and oxygen atoms in total. The molecule has 0 bridgehead atoms. The topological polar surface area (TPSA) is 29.5 Å². The molecule has 0 aliphatic heterocycles. The van der Waals surface area contributed by atoms with Crippen molar-refractivity contribution in [2.24, 2.45) is 0 Å². The lowest BCUT2D eigenvalue weighted by Gasteiger charge is -2.16. The summed E-state index contributed by atoms with van der Waals surface area (Å²) in [6.45, 7) is 1.82. The Kier molecular flexibility index (Phi) is 4.07. The summed E-state index contributed by atoms with van der Waals surface area (Å²) in [4.78, 5) is 15.5. The third-order valence-corrected chi connectivity index (χ3v) is 1.78. The molecule has 0 aromatic heterocycles. The van der Waals surface area contributed by atoms with Crippen LogP contribution in [0, 0.1) is 0 Å². The third-order valence-electron chi connectivity index (χ3n) is 1.54. The lowest BCUT2D eigenvalue weighted by Crippen LogP contribution is -2.23. The van der Waals surface area contributed by atoms with Gasteiger partial charge in [0.05, 0.1) is 6.54 Å². The van der Waals surface area contributed by atoms with Crippen molar-refractivity contribution in [3.05, 3.63) is 35.9 Å². The van der Waals surface area contributed by atoms with E-state index in [1.54, 1.807) is 0 Å². The van der Waals surface area contributed by atoms with Crippen molar-refractivity contribution < 1.29 is 9.63 Å². The zero-order valence-corrected chi connectivity index (χ0v) is 8.66. The van der Waals surface area contributed by atoms with Gasteiger partial charge in [-0.15, -0.1) is 0 Å². The molecule has 0 amide bonds. The van der Waals surface area contributed by atoms with E-state index in [0.717, 1.165) is 5.56 Å². The molecule has 0 heterocycles. The minimum absolute atomic E-state index is 0.373. The number of hydrogen-bond acceptors (Lipinski definition) is 3. The maximum absolute atomic E-state index is 10.7. The van der Waals surface area contributed by atoms with E-state index in [0.29, 0.717) is 6.54 Å². The smallest absolute Gasteiger partial charge is 0.329 e.